The molecule has 3 nitrogen and oxygen atoms in total. The van der Waals surface area contributed by atoms with E-state index in [0.717, 1.165) is 17.1 Å². The molecule has 2 aromatic carbocycles. The van der Waals surface area contributed by atoms with Crippen molar-refractivity contribution >= 4 is 17.7 Å². The van der Waals surface area contributed by atoms with Crippen LogP contribution in [-0.4, -0.2) is 19.6 Å². The van der Waals surface area contributed by atoms with E-state index >= 15 is 0 Å². The minimum Gasteiger partial charge on any atom is -0.496 e. The van der Waals surface area contributed by atoms with E-state index in [0.29, 0.717) is 18.0 Å². The Kier molecular flexibility index (Phi) is 6.53. The van der Waals surface area contributed by atoms with Gasteiger partial charge in [0.1, 0.15) is 5.75 Å². The minimum atomic E-state index is -0.0349. The normalized spacial score (nSPS) is 10.6. The van der Waals surface area contributed by atoms with Crippen LogP contribution >= 0.6 is 11.8 Å². The number of hydrogen-bond acceptors (Lipinski definition) is 3. The van der Waals surface area contributed by atoms with E-state index in [1.54, 1.807) is 18.9 Å². The van der Waals surface area contributed by atoms with Crippen molar-refractivity contribution in [2.75, 3.05) is 13.7 Å². The average Bonchev–Trinajstić information content (AvgIpc) is 2.58. The van der Waals surface area contributed by atoms with Crippen LogP contribution in [0.3, 0.4) is 0 Å². The second-order valence-electron chi connectivity index (χ2n) is 5.73. The van der Waals surface area contributed by atoms with E-state index in [-0.39, 0.29) is 5.91 Å². The van der Waals surface area contributed by atoms with Gasteiger partial charge in [0.25, 0.3) is 5.91 Å². The number of amides is 1. The molecule has 1 amide bonds. The van der Waals surface area contributed by atoms with Gasteiger partial charge >= 0.3 is 0 Å². The Balaban J connectivity index is 2.10. The summed E-state index contributed by atoms with van der Waals surface area (Å²) in [7, 11) is 1.66. The molecule has 4 heteroatoms. The molecule has 0 aromatic heterocycles. The molecule has 0 spiro atoms. The summed E-state index contributed by atoms with van der Waals surface area (Å²) in [5.41, 5.74) is 1.70. The number of ether oxygens (including phenoxy) is 1. The predicted molar refractivity (Wildman–Crippen MR) is 96.2 cm³/mol. The van der Waals surface area contributed by atoms with Crippen molar-refractivity contribution in [3.8, 4) is 5.75 Å². The van der Waals surface area contributed by atoms with Gasteiger partial charge in [-0.3, -0.25) is 4.79 Å². The molecule has 0 aliphatic rings. The lowest BCUT2D eigenvalue weighted by atomic mass is 10.1. The molecule has 0 unspecified atom stereocenters. The van der Waals surface area contributed by atoms with Crippen molar-refractivity contribution < 1.29 is 9.53 Å². The van der Waals surface area contributed by atoms with Gasteiger partial charge in [0.05, 0.1) is 7.11 Å². The summed E-state index contributed by atoms with van der Waals surface area (Å²) in [6.07, 6.45) is 0. The molecular formula is C19H23NO2S. The number of rotatable bonds is 7. The molecule has 23 heavy (non-hydrogen) atoms. The molecule has 0 saturated heterocycles. The number of benzene rings is 2. The maximum Gasteiger partial charge on any atom is 0.251 e. The Labute approximate surface area is 142 Å². The number of hydrogen-bond donors (Lipinski definition) is 1. The van der Waals surface area contributed by atoms with Crippen molar-refractivity contribution in [1.29, 1.82) is 0 Å². The van der Waals surface area contributed by atoms with E-state index in [1.165, 1.54) is 4.90 Å². The van der Waals surface area contributed by atoms with Crippen molar-refractivity contribution in [2.24, 2.45) is 5.92 Å². The van der Waals surface area contributed by atoms with Crippen LogP contribution in [0, 0.1) is 5.92 Å². The zero-order valence-corrected chi connectivity index (χ0v) is 14.7. The molecule has 2 aromatic rings. The van der Waals surface area contributed by atoms with Gasteiger partial charge in [0, 0.05) is 28.3 Å². The lowest BCUT2D eigenvalue weighted by molar-refractivity contribution is 0.0949. The topological polar surface area (TPSA) is 38.3 Å². The molecule has 0 fully saturated rings. The third-order valence-electron chi connectivity index (χ3n) is 3.35. The lowest BCUT2D eigenvalue weighted by Gasteiger charge is -2.12. The molecule has 0 aliphatic heterocycles. The zero-order chi connectivity index (χ0) is 16.7. The monoisotopic (exact) mass is 329 g/mol. The van der Waals surface area contributed by atoms with E-state index in [1.807, 2.05) is 36.4 Å². The highest BCUT2D eigenvalue weighted by Crippen LogP contribution is 2.28. The molecule has 0 bridgehead atoms. The predicted octanol–water partition coefficient (Wildman–Crippen LogP) is 4.37. The Morgan fingerprint density at radius 1 is 1.17 bits per heavy atom. The molecule has 1 N–H and O–H groups in total. The van der Waals surface area contributed by atoms with Crippen LogP contribution in [0.15, 0.2) is 53.4 Å². The second kappa shape index (κ2) is 8.63. The Morgan fingerprint density at radius 3 is 2.57 bits per heavy atom. The summed E-state index contributed by atoms with van der Waals surface area (Å²) < 4.78 is 5.42. The Morgan fingerprint density at radius 2 is 1.91 bits per heavy atom. The SMILES string of the molecule is COc1ccc(C(=O)NCC(C)C)cc1CSc1ccccc1. The maximum absolute atomic E-state index is 12.2. The largest absolute Gasteiger partial charge is 0.496 e. The fourth-order valence-corrected chi connectivity index (χ4v) is 3.01. The lowest BCUT2D eigenvalue weighted by Crippen LogP contribution is -2.27. The third kappa shape index (κ3) is 5.32. The molecular weight excluding hydrogens is 306 g/mol. The first-order chi connectivity index (χ1) is 11.1. The van der Waals surface area contributed by atoms with Crippen LogP contribution in [0.4, 0.5) is 0 Å². The van der Waals surface area contributed by atoms with Gasteiger partial charge in [-0.05, 0) is 36.2 Å². The van der Waals surface area contributed by atoms with Crippen LogP contribution in [0.25, 0.3) is 0 Å². The first-order valence-electron chi connectivity index (χ1n) is 7.73. The third-order valence-corrected chi connectivity index (χ3v) is 4.41. The van der Waals surface area contributed by atoms with Gasteiger partial charge < -0.3 is 10.1 Å². The highest BCUT2D eigenvalue weighted by molar-refractivity contribution is 7.98. The fraction of sp³-hybridized carbons (Fsp3) is 0.316. The standard InChI is InChI=1S/C19H23NO2S/c1-14(2)12-20-19(21)15-9-10-18(22-3)16(11-15)13-23-17-7-5-4-6-8-17/h4-11,14H,12-13H2,1-3H3,(H,20,21). The number of nitrogens with one attached hydrogen (secondary N) is 1. The van der Waals surface area contributed by atoms with Gasteiger partial charge in [-0.2, -0.15) is 0 Å². The quantitative estimate of drug-likeness (QED) is 0.766. The summed E-state index contributed by atoms with van der Waals surface area (Å²) in [6, 6.07) is 15.8. The van der Waals surface area contributed by atoms with E-state index < -0.39 is 0 Å². The highest BCUT2D eigenvalue weighted by Gasteiger charge is 2.11. The number of thioether (sulfide) groups is 1. The summed E-state index contributed by atoms with van der Waals surface area (Å²) >= 11 is 1.73. The molecule has 2 rings (SSSR count). The summed E-state index contributed by atoms with van der Waals surface area (Å²) in [5, 5.41) is 2.95. The van der Waals surface area contributed by atoms with Crippen LogP contribution in [0.5, 0.6) is 5.75 Å². The van der Waals surface area contributed by atoms with Gasteiger partial charge in [-0.25, -0.2) is 0 Å². The number of carbonyl (C=O) groups excluding carboxylic acids is 1. The fourth-order valence-electron chi connectivity index (χ4n) is 2.11. The van der Waals surface area contributed by atoms with Gasteiger partial charge in [-0.15, -0.1) is 11.8 Å². The van der Waals surface area contributed by atoms with Gasteiger partial charge in [0.15, 0.2) is 0 Å². The van der Waals surface area contributed by atoms with E-state index in [9.17, 15) is 4.79 Å². The zero-order valence-electron chi connectivity index (χ0n) is 13.8. The minimum absolute atomic E-state index is 0.0349. The van der Waals surface area contributed by atoms with Gasteiger partial charge in [-0.1, -0.05) is 32.0 Å². The number of methoxy groups -OCH3 is 1. The van der Waals surface area contributed by atoms with Crippen molar-refractivity contribution in [1.82, 2.24) is 5.32 Å². The van der Waals surface area contributed by atoms with E-state index in [4.69, 9.17) is 4.74 Å². The molecule has 0 atom stereocenters. The first kappa shape index (κ1) is 17.4. The number of carbonyl (C=O) groups is 1. The van der Waals surface area contributed by atoms with Crippen LogP contribution in [0.2, 0.25) is 0 Å². The Bertz CT molecular complexity index is 641. The molecule has 0 aliphatic carbocycles. The smallest absolute Gasteiger partial charge is 0.251 e. The average molecular weight is 329 g/mol. The van der Waals surface area contributed by atoms with Crippen molar-refractivity contribution in [3.63, 3.8) is 0 Å². The molecule has 0 radical (unpaired) electrons. The Hall–Kier alpha value is -1.94. The van der Waals surface area contributed by atoms with Crippen molar-refractivity contribution in [2.45, 2.75) is 24.5 Å². The summed E-state index contributed by atoms with van der Waals surface area (Å²) in [5.74, 6) is 1.98. The van der Waals surface area contributed by atoms with E-state index in [2.05, 4.69) is 31.3 Å². The second-order valence-corrected chi connectivity index (χ2v) is 6.78. The molecule has 0 saturated carbocycles. The summed E-state index contributed by atoms with van der Waals surface area (Å²) in [6.45, 7) is 4.84. The summed E-state index contributed by atoms with van der Waals surface area (Å²) in [4.78, 5) is 13.4. The maximum atomic E-state index is 12.2. The molecule has 122 valence electrons. The van der Waals surface area contributed by atoms with Crippen LogP contribution < -0.4 is 10.1 Å². The van der Waals surface area contributed by atoms with Crippen molar-refractivity contribution in [3.05, 3.63) is 59.7 Å². The highest BCUT2D eigenvalue weighted by atomic mass is 32.2. The molecule has 0 heterocycles. The first-order valence-corrected chi connectivity index (χ1v) is 8.71. The van der Waals surface area contributed by atoms with Gasteiger partial charge in [0.2, 0.25) is 0 Å². The van der Waals surface area contributed by atoms with Crippen LogP contribution in [-0.2, 0) is 5.75 Å². The van der Waals surface area contributed by atoms with Crippen LogP contribution in [0.1, 0.15) is 29.8 Å².